The normalized spacial score (nSPS) is 14.4. The smallest absolute Gasteiger partial charge is 0.267 e. The maximum atomic E-state index is 13.5. The van der Waals surface area contributed by atoms with Crippen LogP contribution in [0.2, 0.25) is 0 Å². The van der Waals surface area contributed by atoms with E-state index in [1.54, 1.807) is 0 Å². The number of halogens is 1. The Morgan fingerprint density at radius 2 is 2.25 bits per heavy atom. The lowest BCUT2D eigenvalue weighted by molar-refractivity contribution is -0.390. The number of nitrogens with one attached hydrogen (secondary N) is 1. The summed E-state index contributed by atoms with van der Waals surface area (Å²) in [5, 5.41) is 17.4. The molecule has 0 atom stereocenters. The Kier molecular flexibility index (Phi) is 3.05. The van der Waals surface area contributed by atoms with Crippen LogP contribution in [0.25, 0.3) is 0 Å². The van der Waals surface area contributed by atoms with Crippen molar-refractivity contribution in [2.24, 2.45) is 0 Å². The SMILES string of the molecule is O=c1[nH]nc(Sc2cccc(F)c2[N+](=O)[O-])n1C1CC1. The van der Waals surface area contributed by atoms with Gasteiger partial charge in [0.25, 0.3) is 0 Å². The van der Waals surface area contributed by atoms with Gasteiger partial charge in [-0.2, -0.15) is 4.39 Å². The number of benzene rings is 1. The number of aromatic nitrogens is 3. The number of nitrogens with zero attached hydrogens (tertiary/aromatic N) is 3. The molecular weight excluding hydrogens is 287 g/mol. The lowest BCUT2D eigenvalue weighted by Crippen LogP contribution is -2.16. The van der Waals surface area contributed by atoms with Crippen LogP contribution >= 0.6 is 11.8 Å². The topological polar surface area (TPSA) is 93.8 Å². The van der Waals surface area contributed by atoms with Gasteiger partial charge in [-0.25, -0.2) is 9.89 Å². The number of para-hydroxylation sites is 1. The quantitative estimate of drug-likeness (QED) is 0.688. The molecule has 2 aromatic rings. The van der Waals surface area contributed by atoms with Crippen LogP contribution in [-0.2, 0) is 0 Å². The number of aromatic amines is 1. The van der Waals surface area contributed by atoms with Crippen molar-refractivity contribution in [1.29, 1.82) is 0 Å². The zero-order valence-electron chi connectivity index (χ0n) is 10.1. The highest BCUT2D eigenvalue weighted by Gasteiger charge is 2.30. The number of rotatable bonds is 4. The molecule has 1 fully saturated rings. The first kappa shape index (κ1) is 12.9. The summed E-state index contributed by atoms with van der Waals surface area (Å²) in [5.41, 5.74) is -0.954. The summed E-state index contributed by atoms with van der Waals surface area (Å²) in [6, 6.07) is 3.93. The fourth-order valence-corrected chi connectivity index (χ4v) is 2.90. The van der Waals surface area contributed by atoms with Gasteiger partial charge in [0, 0.05) is 6.04 Å². The maximum Gasteiger partial charge on any atom is 0.344 e. The van der Waals surface area contributed by atoms with Gasteiger partial charge in [-0.1, -0.05) is 6.07 Å². The number of hydrogen-bond donors (Lipinski definition) is 1. The Balaban J connectivity index is 2.02. The molecule has 0 aliphatic heterocycles. The monoisotopic (exact) mass is 296 g/mol. The third-order valence-corrected chi connectivity index (χ3v) is 3.94. The Labute approximate surface area is 116 Å². The summed E-state index contributed by atoms with van der Waals surface area (Å²) in [6.45, 7) is 0. The van der Waals surface area contributed by atoms with Crippen molar-refractivity contribution in [2.45, 2.75) is 28.9 Å². The van der Waals surface area contributed by atoms with E-state index in [9.17, 15) is 19.3 Å². The lowest BCUT2D eigenvalue weighted by Gasteiger charge is -2.04. The van der Waals surface area contributed by atoms with E-state index in [2.05, 4.69) is 10.2 Å². The molecule has 1 N–H and O–H groups in total. The second-order valence-electron chi connectivity index (χ2n) is 4.36. The van der Waals surface area contributed by atoms with E-state index in [1.807, 2.05) is 0 Å². The molecule has 0 unspecified atom stereocenters. The van der Waals surface area contributed by atoms with Crippen molar-refractivity contribution in [3.8, 4) is 0 Å². The maximum absolute atomic E-state index is 13.5. The lowest BCUT2D eigenvalue weighted by atomic mass is 10.3. The molecule has 1 aliphatic rings. The van der Waals surface area contributed by atoms with Crippen molar-refractivity contribution in [2.75, 3.05) is 0 Å². The van der Waals surface area contributed by atoms with Gasteiger partial charge in [0.15, 0.2) is 5.16 Å². The van der Waals surface area contributed by atoms with E-state index in [-0.39, 0.29) is 16.6 Å². The number of nitro groups is 1. The summed E-state index contributed by atoms with van der Waals surface area (Å²) >= 11 is 0.911. The summed E-state index contributed by atoms with van der Waals surface area (Å²) in [7, 11) is 0. The number of nitro benzene ring substituents is 1. The molecule has 1 heterocycles. The highest BCUT2D eigenvalue weighted by atomic mass is 32.2. The Morgan fingerprint density at radius 3 is 2.90 bits per heavy atom. The molecule has 0 amide bonds. The molecule has 104 valence electrons. The molecule has 1 aromatic heterocycles. The van der Waals surface area contributed by atoms with Crippen molar-refractivity contribution < 1.29 is 9.31 Å². The zero-order valence-corrected chi connectivity index (χ0v) is 10.9. The van der Waals surface area contributed by atoms with Crippen molar-refractivity contribution in [3.63, 3.8) is 0 Å². The Morgan fingerprint density at radius 1 is 1.50 bits per heavy atom. The van der Waals surface area contributed by atoms with Gasteiger partial charge >= 0.3 is 11.4 Å². The van der Waals surface area contributed by atoms with Gasteiger partial charge in [-0.15, -0.1) is 5.10 Å². The van der Waals surface area contributed by atoms with Crippen LogP contribution in [0.1, 0.15) is 18.9 Å². The minimum Gasteiger partial charge on any atom is -0.267 e. The standard InChI is InChI=1S/C11H9FN4O3S/c12-7-2-1-3-8(9(7)16(18)19)20-11-14-13-10(17)15(11)6-4-5-6/h1-3,6H,4-5H2,(H,13,17). The molecule has 0 bridgehead atoms. The summed E-state index contributed by atoms with van der Waals surface area (Å²) in [5.74, 6) is -0.907. The Bertz CT molecular complexity index is 738. The molecule has 9 heteroatoms. The number of hydrogen-bond acceptors (Lipinski definition) is 5. The zero-order chi connectivity index (χ0) is 14.3. The average Bonchev–Trinajstić information content (AvgIpc) is 3.15. The van der Waals surface area contributed by atoms with Gasteiger partial charge in [0.05, 0.1) is 9.82 Å². The first-order valence-electron chi connectivity index (χ1n) is 5.85. The van der Waals surface area contributed by atoms with E-state index in [4.69, 9.17) is 0 Å². The summed E-state index contributed by atoms with van der Waals surface area (Å²) in [6.07, 6.45) is 1.75. The van der Waals surface area contributed by atoms with Gasteiger partial charge in [0.1, 0.15) is 0 Å². The fourth-order valence-electron chi connectivity index (χ4n) is 1.87. The second-order valence-corrected chi connectivity index (χ2v) is 5.37. The van der Waals surface area contributed by atoms with E-state index in [0.717, 1.165) is 30.7 Å². The van der Waals surface area contributed by atoms with Gasteiger partial charge in [-0.05, 0) is 36.7 Å². The molecule has 1 aromatic carbocycles. The minimum atomic E-state index is -0.907. The van der Waals surface area contributed by atoms with Gasteiger partial charge in [0.2, 0.25) is 5.82 Å². The fraction of sp³-hybridized carbons (Fsp3) is 0.273. The van der Waals surface area contributed by atoms with Crippen molar-refractivity contribution in [3.05, 3.63) is 44.6 Å². The first-order valence-corrected chi connectivity index (χ1v) is 6.67. The van der Waals surface area contributed by atoms with Gasteiger partial charge < -0.3 is 0 Å². The number of H-pyrrole nitrogens is 1. The predicted octanol–water partition coefficient (Wildman–Crippen LogP) is 2.10. The van der Waals surface area contributed by atoms with E-state index >= 15 is 0 Å². The van der Waals surface area contributed by atoms with Crippen LogP contribution in [0, 0.1) is 15.9 Å². The highest BCUT2D eigenvalue weighted by molar-refractivity contribution is 7.99. The molecular formula is C11H9FN4O3S. The van der Waals surface area contributed by atoms with Crippen LogP contribution in [0.4, 0.5) is 10.1 Å². The largest absolute Gasteiger partial charge is 0.344 e. The van der Waals surface area contributed by atoms with Crippen LogP contribution in [-0.4, -0.2) is 19.7 Å². The molecule has 0 spiro atoms. The Hall–Kier alpha value is -2.16. The van der Waals surface area contributed by atoms with Crippen LogP contribution < -0.4 is 5.69 Å². The van der Waals surface area contributed by atoms with E-state index in [1.165, 1.54) is 16.7 Å². The second kappa shape index (κ2) is 4.75. The van der Waals surface area contributed by atoms with Crippen LogP contribution in [0.5, 0.6) is 0 Å². The molecule has 1 aliphatic carbocycles. The third-order valence-electron chi connectivity index (χ3n) is 2.92. The van der Waals surface area contributed by atoms with Crippen LogP contribution in [0.15, 0.2) is 33.0 Å². The average molecular weight is 296 g/mol. The third kappa shape index (κ3) is 2.20. The van der Waals surface area contributed by atoms with Crippen molar-refractivity contribution >= 4 is 17.4 Å². The molecule has 3 rings (SSSR count). The van der Waals surface area contributed by atoms with Crippen LogP contribution in [0.3, 0.4) is 0 Å². The molecule has 1 saturated carbocycles. The molecule has 20 heavy (non-hydrogen) atoms. The highest BCUT2D eigenvalue weighted by Crippen LogP contribution is 2.40. The van der Waals surface area contributed by atoms with Gasteiger partial charge in [-0.3, -0.25) is 14.7 Å². The summed E-state index contributed by atoms with van der Waals surface area (Å²) < 4.78 is 15.0. The molecule has 7 nitrogen and oxygen atoms in total. The minimum absolute atomic E-state index is 0.0800. The van der Waals surface area contributed by atoms with E-state index < -0.39 is 16.4 Å². The molecule has 0 radical (unpaired) electrons. The first-order chi connectivity index (χ1) is 9.58. The predicted molar refractivity (Wildman–Crippen MR) is 68.3 cm³/mol. The van der Waals surface area contributed by atoms with E-state index in [0.29, 0.717) is 5.16 Å². The molecule has 0 saturated heterocycles. The van der Waals surface area contributed by atoms with Crippen molar-refractivity contribution in [1.82, 2.24) is 14.8 Å². The summed E-state index contributed by atoms with van der Waals surface area (Å²) in [4.78, 5) is 21.9.